The second-order valence-electron chi connectivity index (χ2n) is 7.74. The summed E-state index contributed by atoms with van der Waals surface area (Å²) in [4.78, 5) is 1.88. The monoisotopic (exact) mass is 395 g/mol. The van der Waals surface area contributed by atoms with E-state index in [0.717, 1.165) is 30.8 Å². The standard InChI is InChI=1S/C23H26N2O2S/c1-18-10-11-19(2)23(16-18)28(26,27)25-14-12-24(13-15-25)17-21-8-5-7-20-6-3-4-9-22(20)21/h3-11,16H,12-15,17H2,1-2H3/p+1. The van der Waals surface area contributed by atoms with E-state index in [1.54, 1.807) is 10.4 Å². The number of hydrogen-bond acceptors (Lipinski definition) is 2. The molecule has 0 unspecified atom stereocenters. The molecule has 1 saturated heterocycles. The van der Waals surface area contributed by atoms with E-state index < -0.39 is 10.0 Å². The molecule has 146 valence electrons. The lowest BCUT2D eigenvalue weighted by Crippen LogP contribution is -3.13. The predicted molar refractivity (Wildman–Crippen MR) is 113 cm³/mol. The molecule has 0 aromatic heterocycles. The Morgan fingerprint density at radius 1 is 0.929 bits per heavy atom. The highest BCUT2D eigenvalue weighted by Gasteiger charge is 2.31. The van der Waals surface area contributed by atoms with Crippen LogP contribution in [0.25, 0.3) is 10.8 Å². The second-order valence-corrected chi connectivity index (χ2v) is 9.64. The van der Waals surface area contributed by atoms with Gasteiger partial charge in [-0.2, -0.15) is 4.31 Å². The maximum Gasteiger partial charge on any atom is 0.243 e. The molecule has 28 heavy (non-hydrogen) atoms. The third-order valence-electron chi connectivity index (χ3n) is 5.71. The predicted octanol–water partition coefficient (Wildman–Crippen LogP) is 2.55. The Morgan fingerprint density at radius 2 is 1.64 bits per heavy atom. The molecule has 0 saturated carbocycles. The average molecular weight is 396 g/mol. The van der Waals surface area contributed by atoms with Gasteiger partial charge in [-0.05, 0) is 41.8 Å². The summed E-state index contributed by atoms with van der Waals surface area (Å²) in [5.74, 6) is 0. The van der Waals surface area contributed by atoms with Crippen LogP contribution >= 0.6 is 0 Å². The quantitative estimate of drug-likeness (QED) is 0.738. The van der Waals surface area contributed by atoms with E-state index in [1.165, 1.54) is 21.2 Å². The van der Waals surface area contributed by atoms with Gasteiger partial charge in [0.25, 0.3) is 0 Å². The summed E-state index contributed by atoms with van der Waals surface area (Å²) in [5.41, 5.74) is 3.12. The first-order valence-electron chi connectivity index (χ1n) is 9.83. The molecule has 3 aromatic rings. The highest BCUT2D eigenvalue weighted by molar-refractivity contribution is 7.89. The lowest BCUT2D eigenvalue weighted by molar-refractivity contribution is -0.917. The van der Waals surface area contributed by atoms with Crippen LogP contribution in [0.5, 0.6) is 0 Å². The van der Waals surface area contributed by atoms with Crippen LogP contribution in [-0.4, -0.2) is 38.9 Å². The van der Waals surface area contributed by atoms with E-state index >= 15 is 0 Å². The number of hydrogen-bond donors (Lipinski definition) is 1. The molecular weight excluding hydrogens is 368 g/mol. The number of quaternary nitrogens is 1. The van der Waals surface area contributed by atoms with Crippen molar-refractivity contribution in [3.8, 4) is 0 Å². The number of aryl methyl sites for hydroxylation is 2. The first-order valence-corrected chi connectivity index (χ1v) is 11.3. The zero-order chi connectivity index (χ0) is 19.7. The van der Waals surface area contributed by atoms with Crippen LogP contribution in [0, 0.1) is 13.8 Å². The summed E-state index contributed by atoms with van der Waals surface area (Å²) < 4.78 is 27.9. The molecule has 4 nitrogen and oxygen atoms in total. The van der Waals surface area contributed by atoms with E-state index in [1.807, 2.05) is 26.0 Å². The van der Waals surface area contributed by atoms with Crippen LogP contribution < -0.4 is 4.90 Å². The lowest BCUT2D eigenvalue weighted by Gasteiger charge is -2.32. The Morgan fingerprint density at radius 3 is 2.43 bits per heavy atom. The third-order valence-corrected chi connectivity index (χ3v) is 7.75. The van der Waals surface area contributed by atoms with E-state index in [4.69, 9.17) is 0 Å². The number of nitrogens with one attached hydrogen (secondary N) is 1. The number of rotatable bonds is 4. The van der Waals surface area contributed by atoms with Gasteiger partial charge in [-0.15, -0.1) is 0 Å². The number of nitrogens with zero attached hydrogens (tertiary/aromatic N) is 1. The van der Waals surface area contributed by atoms with Gasteiger partial charge in [-0.3, -0.25) is 0 Å². The summed E-state index contributed by atoms with van der Waals surface area (Å²) in [6.45, 7) is 7.52. The van der Waals surface area contributed by atoms with Crippen LogP contribution in [0.3, 0.4) is 0 Å². The fourth-order valence-corrected chi connectivity index (χ4v) is 5.81. The molecule has 3 aromatic carbocycles. The SMILES string of the molecule is Cc1ccc(C)c(S(=O)(=O)N2CC[NH+](Cc3cccc4ccccc34)CC2)c1. The minimum absolute atomic E-state index is 0.449. The zero-order valence-electron chi connectivity index (χ0n) is 16.5. The van der Waals surface area contributed by atoms with Crippen LogP contribution in [0.4, 0.5) is 0 Å². The molecule has 0 radical (unpaired) electrons. The maximum absolute atomic E-state index is 13.1. The van der Waals surface area contributed by atoms with Gasteiger partial charge in [-0.25, -0.2) is 8.42 Å². The smallest absolute Gasteiger partial charge is 0.243 e. The van der Waals surface area contributed by atoms with Gasteiger partial charge >= 0.3 is 0 Å². The van der Waals surface area contributed by atoms with Gasteiger partial charge in [0, 0.05) is 5.56 Å². The van der Waals surface area contributed by atoms with E-state index in [9.17, 15) is 8.42 Å². The fraction of sp³-hybridized carbons (Fsp3) is 0.304. The fourth-order valence-electron chi connectivity index (χ4n) is 4.06. The molecule has 0 amide bonds. The summed E-state index contributed by atoms with van der Waals surface area (Å²) in [7, 11) is -3.43. The first kappa shape index (κ1) is 19.1. The van der Waals surface area contributed by atoms with Crippen LogP contribution in [0.1, 0.15) is 16.7 Å². The molecule has 1 aliphatic heterocycles. The zero-order valence-corrected chi connectivity index (χ0v) is 17.3. The Balaban J connectivity index is 1.48. The molecule has 0 aliphatic carbocycles. The molecule has 0 spiro atoms. The topological polar surface area (TPSA) is 41.8 Å². The largest absolute Gasteiger partial charge is 0.329 e. The number of benzene rings is 3. The summed E-state index contributed by atoms with van der Waals surface area (Å²) in [6, 6.07) is 20.5. The maximum atomic E-state index is 13.1. The third kappa shape index (κ3) is 3.70. The molecule has 0 bridgehead atoms. The molecule has 1 heterocycles. The molecule has 1 aliphatic rings. The van der Waals surface area contributed by atoms with Crippen molar-refractivity contribution in [2.24, 2.45) is 0 Å². The van der Waals surface area contributed by atoms with Crippen LogP contribution in [-0.2, 0) is 16.6 Å². The van der Waals surface area contributed by atoms with Crippen LogP contribution in [0.2, 0.25) is 0 Å². The average Bonchev–Trinajstić information content (AvgIpc) is 2.70. The minimum atomic E-state index is -3.43. The molecule has 5 heteroatoms. The van der Waals surface area contributed by atoms with Gasteiger partial charge in [0.2, 0.25) is 10.0 Å². The van der Waals surface area contributed by atoms with Gasteiger partial charge < -0.3 is 4.90 Å². The Bertz CT molecular complexity index is 1100. The first-order chi connectivity index (χ1) is 13.4. The Kier molecular flexibility index (Phi) is 5.23. The van der Waals surface area contributed by atoms with Crippen LogP contribution in [0.15, 0.2) is 65.6 Å². The van der Waals surface area contributed by atoms with Gasteiger partial charge in [-0.1, -0.05) is 54.6 Å². The Labute approximate surface area is 167 Å². The molecule has 0 atom stereocenters. The van der Waals surface area contributed by atoms with Crippen molar-refractivity contribution in [3.63, 3.8) is 0 Å². The van der Waals surface area contributed by atoms with Crippen molar-refractivity contribution in [1.29, 1.82) is 0 Å². The number of piperazine rings is 1. The summed E-state index contributed by atoms with van der Waals surface area (Å²) in [6.07, 6.45) is 0. The van der Waals surface area contributed by atoms with Gasteiger partial charge in [0.05, 0.1) is 31.1 Å². The highest BCUT2D eigenvalue weighted by atomic mass is 32.2. The minimum Gasteiger partial charge on any atom is -0.329 e. The molecule has 4 rings (SSSR count). The van der Waals surface area contributed by atoms with Crippen molar-refractivity contribution in [1.82, 2.24) is 4.31 Å². The van der Waals surface area contributed by atoms with Crippen molar-refractivity contribution in [2.45, 2.75) is 25.3 Å². The second kappa shape index (κ2) is 7.66. The molecule has 1 fully saturated rings. The normalized spacial score (nSPS) is 16.5. The number of fused-ring (bicyclic) bond motifs is 1. The molecule has 1 N–H and O–H groups in total. The van der Waals surface area contributed by atoms with Crippen molar-refractivity contribution < 1.29 is 13.3 Å². The van der Waals surface area contributed by atoms with Crippen molar-refractivity contribution in [2.75, 3.05) is 26.2 Å². The van der Waals surface area contributed by atoms with Crippen molar-refractivity contribution in [3.05, 3.63) is 77.4 Å². The molecular formula is C23H27N2O2S+. The Hall–Kier alpha value is -2.21. The van der Waals surface area contributed by atoms with Crippen molar-refractivity contribution >= 4 is 20.8 Å². The van der Waals surface area contributed by atoms with Gasteiger partial charge in [0.1, 0.15) is 6.54 Å². The van der Waals surface area contributed by atoms with E-state index in [-0.39, 0.29) is 0 Å². The van der Waals surface area contributed by atoms with E-state index in [0.29, 0.717) is 18.0 Å². The van der Waals surface area contributed by atoms with E-state index in [2.05, 4.69) is 42.5 Å². The van der Waals surface area contributed by atoms with Gasteiger partial charge in [0.15, 0.2) is 0 Å². The number of sulfonamides is 1. The lowest BCUT2D eigenvalue weighted by atomic mass is 10.0. The highest BCUT2D eigenvalue weighted by Crippen LogP contribution is 2.21. The summed E-state index contributed by atoms with van der Waals surface area (Å²) >= 11 is 0. The summed E-state index contributed by atoms with van der Waals surface area (Å²) in [5, 5.41) is 2.55.